The van der Waals surface area contributed by atoms with E-state index >= 15 is 0 Å². The highest BCUT2D eigenvalue weighted by Gasteiger charge is 2.21. The number of rotatable bonds is 21. The molecule has 0 bridgehead atoms. The van der Waals surface area contributed by atoms with Gasteiger partial charge in [-0.05, 0) is 51.9 Å². The van der Waals surface area contributed by atoms with Gasteiger partial charge in [0.1, 0.15) is 6.61 Å². The van der Waals surface area contributed by atoms with Crippen LogP contribution in [0.5, 0.6) is 0 Å². The van der Waals surface area contributed by atoms with Gasteiger partial charge in [-0.1, -0.05) is 90.7 Å². The minimum absolute atomic E-state index is 0.0900. The van der Waals surface area contributed by atoms with Crippen molar-refractivity contribution in [3.63, 3.8) is 0 Å². The van der Waals surface area contributed by atoms with Gasteiger partial charge in [-0.25, -0.2) is 0 Å². The van der Waals surface area contributed by atoms with E-state index in [9.17, 15) is 4.79 Å². The summed E-state index contributed by atoms with van der Waals surface area (Å²) in [4.78, 5) is 11.9. The molecule has 0 rings (SSSR count). The van der Waals surface area contributed by atoms with Gasteiger partial charge in [0.25, 0.3) is 0 Å². The molecule has 0 spiro atoms. The topological polar surface area (TPSA) is 35.5 Å². The summed E-state index contributed by atoms with van der Waals surface area (Å²) in [6, 6.07) is 0. The van der Waals surface area contributed by atoms with Gasteiger partial charge in [0.05, 0.1) is 12.2 Å². The maximum atomic E-state index is 11.9. The monoisotopic (exact) mass is 424 g/mol. The Morgan fingerprint density at radius 3 is 1.93 bits per heavy atom. The van der Waals surface area contributed by atoms with Crippen molar-refractivity contribution in [3.05, 3.63) is 12.2 Å². The number of hydrogen-bond acceptors (Lipinski definition) is 3. The number of esters is 1. The van der Waals surface area contributed by atoms with Crippen molar-refractivity contribution in [1.29, 1.82) is 0 Å². The number of ether oxygens (including phenoxy) is 2. The van der Waals surface area contributed by atoms with Gasteiger partial charge < -0.3 is 9.47 Å². The van der Waals surface area contributed by atoms with E-state index < -0.39 is 5.60 Å². The van der Waals surface area contributed by atoms with Crippen LogP contribution in [0.15, 0.2) is 12.2 Å². The molecule has 0 saturated heterocycles. The van der Waals surface area contributed by atoms with Crippen molar-refractivity contribution in [3.8, 4) is 0 Å². The van der Waals surface area contributed by atoms with E-state index in [0.717, 1.165) is 25.9 Å². The van der Waals surface area contributed by atoms with Crippen LogP contribution < -0.4 is 0 Å². The summed E-state index contributed by atoms with van der Waals surface area (Å²) in [5.41, 5.74) is -0.401. The molecular formula is C27H52O3. The first kappa shape index (κ1) is 29.2. The Balaban J connectivity index is 3.47. The first-order valence-corrected chi connectivity index (χ1v) is 12.9. The van der Waals surface area contributed by atoms with Gasteiger partial charge in [-0.2, -0.15) is 0 Å². The second-order valence-electron chi connectivity index (χ2n) is 9.58. The molecule has 0 radical (unpaired) electrons. The predicted octanol–water partition coefficient (Wildman–Crippen LogP) is 8.41. The van der Waals surface area contributed by atoms with Crippen molar-refractivity contribution in [2.45, 2.75) is 137 Å². The Bertz CT molecular complexity index is 414. The fourth-order valence-corrected chi connectivity index (χ4v) is 3.19. The number of carbonyl (C=O) groups excluding carboxylic acids is 1. The van der Waals surface area contributed by atoms with Crippen LogP contribution in [-0.4, -0.2) is 24.8 Å². The normalized spacial score (nSPS) is 13.1. The molecule has 0 aromatic rings. The van der Waals surface area contributed by atoms with Gasteiger partial charge >= 0.3 is 5.97 Å². The number of allylic oxidation sites excluding steroid dienone is 2. The van der Waals surface area contributed by atoms with Crippen molar-refractivity contribution in [2.75, 3.05) is 13.2 Å². The summed E-state index contributed by atoms with van der Waals surface area (Å²) in [7, 11) is 0. The van der Waals surface area contributed by atoms with Gasteiger partial charge in [0.15, 0.2) is 0 Å². The SMILES string of the molecule is CCCCCCCC/C=C\CCCCCCCC(=O)OCC(C)(C)OCC(C)CC. The summed E-state index contributed by atoms with van der Waals surface area (Å²) in [6.45, 7) is 11.6. The average Bonchev–Trinajstić information content (AvgIpc) is 2.73. The van der Waals surface area contributed by atoms with Crippen LogP contribution in [0.4, 0.5) is 0 Å². The second-order valence-corrected chi connectivity index (χ2v) is 9.58. The first-order chi connectivity index (χ1) is 14.4. The van der Waals surface area contributed by atoms with Crippen LogP contribution in [0.1, 0.15) is 131 Å². The van der Waals surface area contributed by atoms with Gasteiger partial charge in [0.2, 0.25) is 0 Å². The molecule has 0 aliphatic carbocycles. The molecule has 30 heavy (non-hydrogen) atoms. The Morgan fingerprint density at radius 2 is 1.37 bits per heavy atom. The molecule has 0 saturated carbocycles. The zero-order valence-electron chi connectivity index (χ0n) is 21.0. The lowest BCUT2D eigenvalue weighted by molar-refractivity contribution is -0.154. The average molecular weight is 425 g/mol. The molecule has 0 aliphatic rings. The molecule has 1 atom stereocenters. The highest BCUT2D eigenvalue weighted by atomic mass is 16.6. The third kappa shape index (κ3) is 20.4. The number of hydrogen-bond donors (Lipinski definition) is 0. The van der Waals surface area contributed by atoms with E-state index in [1.54, 1.807) is 0 Å². The van der Waals surface area contributed by atoms with E-state index in [0.29, 0.717) is 18.9 Å². The third-order valence-electron chi connectivity index (χ3n) is 5.68. The van der Waals surface area contributed by atoms with E-state index in [-0.39, 0.29) is 5.97 Å². The molecule has 1 unspecified atom stereocenters. The molecular weight excluding hydrogens is 372 g/mol. The van der Waals surface area contributed by atoms with E-state index in [1.807, 2.05) is 13.8 Å². The Labute approximate surface area is 188 Å². The fourth-order valence-electron chi connectivity index (χ4n) is 3.19. The van der Waals surface area contributed by atoms with Gasteiger partial charge in [0, 0.05) is 6.42 Å². The maximum absolute atomic E-state index is 11.9. The lowest BCUT2D eigenvalue weighted by atomic mass is 10.1. The van der Waals surface area contributed by atoms with Crippen LogP contribution in [0.2, 0.25) is 0 Å². The highest BCUT2D eigenvalue weighted by Crippen LogP contribution is 2.15. The van der Waals surface area contributed by atoms with E-state index in [1.165, 1.54) is 70.6 Å². The van der Waals surface area contributed by atoms with Crippen molar-refractivity contribution < 1.29 is 14.3 Å². The zero-order chi connectivity index (χ0) is 22.5. The lowest BCUT2D eigenvalue weighted by Gasteiger charge is -2.26. The summed E-state index contributed by atoms with van der Waals surface area (Å²) in [6.07, 6.45) is 22.8. The molecule has 0 heterocycles. The Hall–Kier alpha value is -0.830. The summed E-state index contributed by atoms with van der Waals surface area (Å²) < 4.78 is 11.3. The third-order valence-corrected chi connectivity index (χ3v) is 5.68. The lowest BCUT2D eigenvalue weighted by Crippen LogP contribution is -2.33. The molecule has 0 fully saturated rings. The molecule has 0 N–H and O–H groups in total. The summed E-state index contributed by atoms with van der Waals surface area (Å²) in [5, 5.41) is 0. The van der Waals surface area contributed by atoms with Crippen LogP contribution in [-0.2, 0) is 14.3 Å². The minimum Gasteiger partial charge on any atom is -0.463 e. The van der Waals surface area contributed by atoms with Gasteiger partial charge in [-0.15, -0.1) is 0 Å². The van der Waals surface area contributed by atoms with Crippen LogP contribution >= 0.6 is 0 Å². The maximum Gasteiger partial charge on any atom is 0.305 e. The summed E-state index contributed by atoms with van der Waals surface area (Å²) in [5.74, 6) is 0.448. The van der Waals surface area contributed by atoms with E-state index in [4.69, 9.17) is 9.47 Å². The number of unbranched alkanes of at least 4 members (excludes halogenated alkanes) is 11. The molecule has 3 nitrogen and oxygen atoms in total. The zero-order valence-corrected chi connectivity index (χ0v) is 21.0. The second kappa shape index (κ2) is 20.1. The van der Waals surface area contributed by atoms with Crippen LogP contribution in [0, 0.1) is 5.92 Å². The molecule has 178 valence electrons. The van der Waals surface area contributed by atoms with Crippen molar-refractivity contribution in [2.24, 2.45) is 5.92 Å². The standard InChI is InChI=1S/C27H52O3/c1-6-8-9-10-11-12-13-14-15-16-17-18-19-20-21-22-26(28)29-24-27(4,5)30-23-25(3)7-2/h14-15,25H,6-13,16-24H2,1-5H3/b15-14-. The van der Waals surface area contributed by atoms with Crippen molar-refractivity contribution in [1.82, 2.24) is 0 Å². The predicted molar refractivity (Wildman–Crippen MR) is 130 cm³/mol. The summed E-state index contributed by atoms with van der Waals surface area (Å²) >= 11 is 0. The molecule has 0 aromatic heterocycles. The molecule has 0 aliphatic heterocycles. The number of carbonyl (C=O) groups is 1. The van der Waals surface area contributed by atoms with E-state index in [2.05, 4.69) is 32.9 Å². The van der Waals surface area contributed by atoms with Crippen LogP contribution in [0.3, 0.4) is 0 Å². The van der Waals surface area contributed by atoms with Crippen molar-refractivity contribution >= 4 is 5.97 Å². The first-order valence-electron chi connectivity index (χ1n) is 12.9. The highest BCUT2D eigenvalue weighted by molar-refractivity contribution is 5.69. The Kier molecular flexibility index (Phi) is 19.5. The van der Waals surface area contributed by atoms with Crippen LogP contribution in [0.25, 0.3) is 0 Å². The fraction of sp³-hybridized carbons (Fsp3) is 0.889. The largest absolute Gasteiger partial charge is 0.463 e. The molecule has 0 amide bonds. The smallest absolute Gasteiger partial charge is 0.305 e. The quantitative estimate of drug-likeness (QED) is 0.105. The molecule has 0 aromatic carbocycles. The van der Waals surface area contributed by atoms with Gasteiger partial charge in [-0.3, -0.25) is 4.79 Å². The molecule has 3 heteroatoms. The minimum atomic E-state index is -0.401. The Morgan fingerprint density at radius 1 is 0.833 bits per heavy atom.